The summed E-state index contributed by atoms with van der Waals surface area (Å²) in [7, 11) is 0. The highest BCUT2D eigenvalue weighted by molar-refractivity contribution is 5.98. The van der Waals surface area contributed by atoms with Crippen molar-refractivity contribution in [3.05, 3.63) is 63.4 Å². The largest absolute Gasteiger partial charge is 0.462 e. The van der Waals surface area contributed by atoms with Crippen LogP contribution in [0.4, 0.5) is 5.82 Å². The van der Waals surface area contributed by atoms with Crippen LogP contribution >= 0.6 is 0 Å². The number of aromatic nitrogens is 1. The maximum absolute atomic E-state index is 12.4. The van der Waals surface area contributed by atoms with Crippen LogP contribution in [-0.2, 0) is 16.0 Å². The zero-order valence-electron chi connectivity index (χ0n) is 18.3. The first-order valence-corrected chi connectivity index (χ1v) is 10.7. The molecule has 170 valence electrons. The number of pyridine rings is 1. The first-order chi connectivity index (χ1) is 15.5. The minimum atomic E-state index is -0.803. The van der Waals surface area contributed by atoms with Gasteiger partial charge in [-0.25, -0.2) is 9.59 Å². The Kier molecular flexibility index (Phi) is 8.15. The summed E-state index contributed by atoms with van der Waals surface area (Å²) in [6.07, 6.45) is 1.53. The van der Waals surface area contributed by atoms with Crippen LogP contribution < -0.4 is 11.0 Å². The number of carbonyl (C=O) groups excluding carboxylic acids is 2. The van der Waals surface area contributed by atoms with E-state index < -0.39 is 17.5 Å². The van der Waals surface area contributed by atoms with Gasteiger partial charge in [0, 0.05) is 38.2 Å². The average molecular weight is 441 g/mol. The van der Waals surface area contributed by atoms with Crippen LogP contribution in [0, 0.1) is 0 Å². The summed E-state index contributed by atoms with van der Waals surface area (Å²) in [6, 6.07) is 11.5. The molecule has 2 aromatic rings. The number of likely N-dealkylation sites (tertiary alicyclic amines) is 1. The molecule has 0 amide bonds. The van der Waals surface area contributed by atoms with Crippen LogP contribution in [0.3, 0.4) is 0 Å². The summed E-state index contributed by atoms with van der Waals surface area (Å²) in [5.41, 5.74) is 4.07. The number of aromatic amines is 1. The molecule has 0 saturated carbocycles. The SMILES string of the molecule is CCOC(=O)c1cc(C(=O)OCC)c(=O)[nH]c1NN=C1CCN(Cc2ccccc2)CC1. The fraction of sp³-hybridized carbons (Fsp3) is 0.391. The second kappa shape index (κ2) is 11.2. The van der Waals surface area contributed by atoms with Gasteiger partial charge in [-0.05, 0) is 25.5 Å². The van der Waals surface area contributed by atoms with Crippen molar-refractivity contribution in [2.24, 2.45) is 5.10 Å². The zero-order valence-corrected chi connectivity index (χ0v) is 18.3. The number of ether oxygens (including phenoxy) is 2. The number of hydrogen-bond donors (Lipinski definition) is 2. The standard InChI is InChI=1S/C23H28N4O5/c1-3-31-22(29)18-14-19(23(30)32-4-2)21(28)24-20(18)26-25-17-10-12-27(13-11-17)15-16-8-6-5-7-9-16/h5-9,14H,3-4,10-13,15H2,1-2H3,(H2,24,26,28). The predicted octanol–water partition coefficient (Wildman–Crippen LogP) is 2.79. The van der Waals surface area contributed by atoms with E-state index in [1.807, 2.05) is 18.2 Å². The maximum atomic E-state index is 12.4. The lowest BCUT2D eigenvalue weighted by atomic mass is 10.1. The Balaban J connectivity index is 1.71. The molecular formula is C23H28N4O5. The molecular weight excluding hydrogens is 412 g/mol. The fourth-order valence-electron chi connectivity index (χ4n) is 3.41. The third kappa shape index (κ3) is 6.04. The first kappa shape index (κ1) is 23.2. The van der Waals surface area contributed by atoms with Gasteiger partial charge in [0.05, 0.1) is 13.2 Å². The number of nitrogens with one attached hydrogen (secondary N) is 2. The monoisotopic (exact) mass is 440 g/mol. The first-order valence-electron chi connectivity index (χ1n) is 10.7. The van der Waals surface area contributed by atoms with Crippen molar-refractivity contribution in [3.8, 4) is 0 Å². The summed E-state index contributed by atoms with van der Waals surface area (Å²) in [6.45, 7) is 6.18. The Bertz CT molecular complexity index is 1020. The normalized spacial score (nSPS) is 14.0. The lowest BCUT2D eigenvalue weighted by Crippen LogP contribution is -2.33. The van der Waals surface area contributed by atoms with Crippen molar-refractivity contribution in [2.45, 2.75) is 33.2 Å². The molecule has 1 aromatic heterocycles. The van der Waals surface area contributed by atoms with Crippen LogP contribution in [-0.4, -0.2) is 53.8 Å². The van der Waals surface area contributed by atoms with Crippen molar-refractivity contribution >= 4 is 23.5 Å². The van der Waals surface area contributed by atoms with Crippen LogP contribution in [0.25, 0.3) is 0 Å². The van der Waals surface area contributed by atoms with Gasteiger partial charge >= 0.3 is 11.9 Å². The fourth-order valence-corrected chi connectivity index (χ4v) is 3.41. The number of anilines is 1. The summed E-state index contributed by atoms with van der Waals surface area (Å²) in [5.74, 6) is -1.39. The molecule has 0 unspecified atom stereocenters. The molecule has 9 heteroatoms. The van der Waals surface area contributed by atoms with Gasteiger partial charge in [-0.1, -0.05) is 30.3 Å². The minimum Gasteiger partial charge on any atom is -0.462 e. The number of piperidine rings is 1. The molecule has 1 saturated heterocycles. The maximum Gasteiger partial charge on any atom is 0.343 e. The van der Waals surface area contributed by atoms with Gasteiger partial charge in [-0.3, -0.25) is 15.1 Å². The predicted molar refractivity (Wildman–Crippen MR) is 121 cm³/mol. The molecule has 1 fully saturated rings. The van der Waals surface area contributed by atoms with Gasteiger partial charge in [0.25, 0.3) is 5.56 Å². The lowest BCUT2D eigenvalue weighted by Gasteiger charge is -2.27. The van der Waals surface area contributed by atoms with E-state index in [1.54, 1.807) is 13.8 Å². The summed E-state index contributed by atoms with van der Waals surface area (Å²) < 4.78 is 9.94. The van der Waals surface area contributed by atoms with Gasteiger partial charge in [0.15, 0.2) is 0 Å². The number of rotatable bonds is 8. The van der Waals surface area contributed by atoms with E-state index >= 15 is 0 Å². The van der Waals surface area contributed by atoms with Gasteiger partial charge in [-0.15, -0.1) is 0 Å². The highest BCUT2D eigenvalue weighted by atomic mass is 16.5. The Labute approximate surface area is 186 Å². The minimum absolute atomic E-state index is 0.0142. The number of H-pyrrole nitrogens is 1. The van der Waals surface area contributed by atoms with Gasteiger partial charge in [0.1, 0.15) is 16.9 Å². The second-order valence-electron chi connectivity index (χ2n) is 7.29. The molecule has 1 aromatic carbocycles. The van der Waals surface area contributed by atoms with Gasteiger partial charge < -0.3 is 14.5 Å². The van der Waals surface area contributed by atoms with E-state index in [2.05, 4.69) is 32.5 Å². The van der Waals surface area contributed by atoms with E-state index in [4.69, 9.17) is 9.47 Å². The van der Waals surface area contributed by atoms with E-state index in [0.717, 1.165) is 38.2 Å². The van der Waals surface area contributed by atoms with Crippen LogP contribution in [0.5, 0.6) is 0 Å². The van der Waals surface area contributed by atoms with Crippen molar-refractivity contribution in [2.75, 3.05) is 31.7 Å². The number of benzene rings is 1. The molecule has 9 nitrogen and oxygen atoms in total. The topological polar surface area (TPSA) is 113 Å². The third-order valence-electron chi connectivity index (χ3n) is 5.04. The number of nitrogens with zero attached hydrogens (tertiary/aromatic N) is 2. The molecule has 0 radical (unpaired) electrons. The molecule has 3 rings (SSSR count). The zero-order chi connectivity index (χ0) is 22.9. The summed E-state index contributed by atoms with van der Waals surface area (Å²) in [5, 5.41) is 4.40. The Morgan fingerprint density at radius 1 is 1.03 bits per heavy atom. The number of esters is 2. The van der Waals surface area contributed by atoms with Gasteiger partial charge in [-0.2, -0.15) is 5.10 Å². The highest BCUT2D eigenvalue weighted by Gasteiger charge is 2.21. The third-order valence-corrected chi connectivity index (χ3v) is 5.04. The summed E-state index contributed by atoms with van der Waals surface area (Å²) in [4.78, 5) is 41.6. The molecule has 1 aliphatic rings. The summed E-state index contributed by atoms with van der Waals surface area (Å²) >= 11 is 0. The number of carbonyl (C=O) groups is 2. The molecule has 0 spiro atoms. The average Bonchev–Trinajstić information content (AvgIpc) is 2.79. The van der Waals surface area contributed by atoms with E-state index in [1.165, 1.54) is 11.6 Å². The Morgan fingerprint density at radius 2 is 1.66 bits per heavy atom. The van der Waals surface area contributed by atoms with Crippen molar-refractivity contribution in [1.29, 1.82) is 0 Å². The smallest absolute Gasteiger partial charge is 0.343 e. The van der Waals surface area contributed by atoms with E-state index in [9.17, 15) is 14.4 Å². The Hall–Kier alpha value is -3.46. The molecule has 0 atom stereocenters. The van der Waals surface area contributed by atoms with Crippen LogP contribution in [0.2, 0.25) is 0 Å². The number of hydrazone groups is 1. The second-order valence-corrected chi connectivity index (χ2v) is 7.29. The van der Waals surface area contributed by atoms with E-state index in [0.29, 0.717) is 0 Å². The molecule has 2 N–H and O–H groups in total. The van der Waals surface area contributed by atoms with Crippen molar-refractivity contribution in [3.63, 3.8) is 0 Å². The van der Waals surface area contributed by atoms with Crippen molar-refractivity contribution < 1.29 is 19.1 Å². The van der Waals surface area contributed by atoms with Gasteiger partial charge in [0.2, 0.25) is 0 Å². The highest BCUT2D eigenvalue weighted by Crippen LogP contribution is 2.16. The molecule has 0 bridgehead atoms. The lowest BCUT2D eigenvalue weighted by molar-refractivity contribution is 0.0523. The quantitative estimate of drug-likeness (QED) is 0.479. The number of hydrogen-bond acceptors (Lipinski definition) is 8. The molecule has 0 aliphatic carbocycles. The van der Waals surface area contributed by atoms with Crippen LogP contribution in [0.1, 0.15) is 53.0 Å². The molecule has 32 heavy (non-hydrogen) atoms. The molecule has 2 heterocycles. The Morgan fingerprint density at radius 3 is 2.28 bits per heavy atom. The van der Waals surface area contributed by atoms with E-state index in [-0.39, 0.29) is 30.2 Å². The van der Waals surface area contributed by atoms with Crippen molar-refractivity contribution in [1.82, 2.24) is 9.88 Å². The van der Waals surface area contributed by atoms with Crippen LogP contribution in [0.15, 0.2) is 46.3 Å². The molecule has 1 aliphatic heterocycles.